The minimum atomic E-state index is -0.482. The van der Waals surface area contributed by atoms with Gasteiger partial charge < -0.3 is 19.5 Å². The van der Waals surface area contributed by atoms with Crippen LogP contribution in [0.4, 0.5) is 4.79 Å². The van der Waals surface area contributed by atoms with Gasteiger partial charge in [0.05, 0.1) is 24.2 Å². The number of nitrogens with zero attached hydrogens (tertiary/aromatic N) is 1. The second kappa shape index (κ2) is 10.5. The first-order chi connectivity index (χ1) is 14.5. The van der Waals surface area contributed by atoms with Crippen LogP contribution in [0.1, 0.15) is 32.3 Å². The zero-order valence-corrected chi connectivity index (χ0v) is 18.0. The number of thioether (sulfide) groups is 1. The van der Waals surface area contributed by atoms with Crippen LogP contribution in [0.5, 0.6) is 11.5 Å². The van der Waals surface area contributed by atoms with Crippen molar-refractivity contribution in [2.45, 2.75) is 32.8 Å². The molecule has 8 nitrogen and oxygen atoms in total. The SMILES string of the molecule is CCOc1ccc(/C=C2\SC(=O)N(CC(=O)NC[C@@H]3CCCO3)C2=O)cc1OCC. The summed E-state index contributed by atoms with van der Waals surface area (Å²) in [5, 5.41) is 2.26. The number of hydrogen-bond acceptors (Lipinski definition) is 7. The van der Waals surface area contributed by atoms with Crippen molar-refractivity contribution in [2.24, 2.45) is 0 Å². The summed E-state index contributed by atoms with van der Waals surface area (Å²) in [4.78, 5) is 38.3. The third kappa shape index (κ3) is 5.54. The molecular weight excluding hydrogens is 408 g/mol. The van der Waals surface area contributed by atoms with E-state index in [2.05, 4.69) is 5.32 Å². The molecule has 0 aromatic heterocycles. The van der Waals surface area contributed by atoms with E-state index < -0.39 is 11.1 Å². The molecule has 3 amide bonds. The van der Waals surface area contributed by atoms with E-state index in [0.29, 0.717) is 43.4 Å². The van der Waals surface area contributed by atoms with Gasteiger partial charge in [0.1, 0.15) is 6.54 Å². The number of amides is 3. The predicted octanol–water partition coefficient (Wildman–Crippen LogP) is 2.82. The van der Waals surface area contributed by atoms with Crippen molar-refractivity contribution in [3.8, 4) is 11.5 Å². The maximum Gasteiger partial charge on any atom is 0.294 e. The monoisotopic (exact) mass is 434 g/mol. The van der Waals surface area contributed by atoms with Crippen molar-refractivity contribution in [1.82, 2.24) is 10.2 Å². The van der Waals surface area contributed by atoms with E-state index in [-0.39, 0.29) is 23.5 Å². The fourth-order valence-electron chi connectivity index (χ4n) is 3.18. The lowest BCUT2D eigenvalue weighted by molar-refractivity contribution is -0.129. The number of ether oxygens (including phenoxy) is 3. The van der Waals surface area contributed by atoms with E-state index in [4.69, 9.17) is 14.2 Å². The highest BCUT2D eigenvalue weighted by Gasteiger charge is 2.36. The van der Waals surface area contributed by atoms with E-state index in [0.717, 1.165) is 29.5 Å². The molecule has 0 saturated carbocycles. The van der Waals surface area contributed by atoms with Crippen LogP contribution in [0, 0.1) is 0 Å². The Morgan fingerprint density at radius 3 is 2.73 bits per heavy atom. The van der Waals surface area contributed by atoms with E-state index in [9.17, 15) is 14.4 Å². The molecule has 1 atom stereocenters. The van der Waals surface area contributed by atoms with Gasteiger partial charge in [-0.15, -0.1) is 0 Å². The van der Waals surface area contributed by atoms with Gasteiger partial charge in [0.2, 0.25) is 5.91 Å². The lowest BCUT2D eigenvalue weighted by Crippen LogP contribution is -2.41. The Hall–Kier alpha value is -2.52. The molecule has 2 fully saturated rings. The molecule has 1 aromatic rings. The summed E-state index contributed by atoms with van der Waals surface area (Å²) in [5.41, 5.74) is 0.704. The predicted molar refractivity (Wildman–Crippen MR) is 113 cm³/mol. The minimum absolute atomic E-state index is 0.00274. The summed E-state index contributed by atoms with van der Waals surface area (Å²) in [6.45, 7) is 5.52. The van der Waals surface area contributed by atoms with E-state index >= 15 is 0 Å². The molecule has 1 N–H and O–H groups in total. The number of carbonyl (C=O) groups excluding carboxylic acids is 3. The molecule has 0 bridgehead atoms. The second-order valence-corrected chi connectivity index (χ2v) is 7.77. The molecule has 0 radical (unpaired) electrons. The van der Waals surface area contributed by atoms with Crippen LogP contribution < -0.4 is 14.8 Å². The number of benzene rings is 1. The Bertz CT molecular complexity index is 835. The first-order valence-corrected chi connectivity index (χ1v) is 10.9. The summed E-state index contributed by atoms with van der Waals surface area (Å²) in [6.07, 6.45) is 3.50. The standard InChI is InChI=1S/C21H26N2O6S/c1-3-27-16-8-7-14(10-17(16)28-4-2)11-18-20(25)23(21(26)30-18)13-19(24)22-12-15-6-5-9-29-15/h7-8,10-11,15H,3-6,9,12-13H2,1-2H3,(H,22,24)/b18-11-/t15-/m0/s1. The number of carbonyl (C=O) groups is 3. The number of hydrogen-bond donors (Lipinski definition) is 1. The van der Waals surface area contributed by atoms with E-state index in [1.54, 1.807) is 24.3 Å². The molecular formula is C21H26N2O6S. The van der Waals surface area contributed by atoms with Gasteiger partial charge in [0, 0.05) is 13.2 Å². The van der Waals surface area contributed by atoms with Gasteiger partial charge in [-0.05, 0) is 62.2 Å². The van der Waals surface area contributed by atoms with Gasteiger partial charge in [-0.3, -0.25) is 19.3 Å². The molecule has 30 heavy (non-hydrogen) atoms. The highest BCUT2D eigenvalue weighted by molar-refractivity contribution is 8.18. The van der Waals surface area contributed by atoms with Gasteiger partial charge in [0.15, 0.2) is 11.5 Å². The molecule has 0 aliphatic carbocycles. The van der Waals surface area contributed by atoms with Gasteiger partial charge in [-0.1, -0.05) is 6.07 Å². The number of rotatable bonds is 9. The summed E-state index contributed by atoms with van der Waals surface area (Å²) in [5.74, 6) is 0.325. The third-order valence-corrected chi connectivity index (χ3v) is 5.50. The quantitative estimate of drug-likeness (QED) is 0.597. The van der Waals surface area contributed by atoms with Crippen molar-refractivity contribution in [3.05, 3.63) is 28.7 Å². The van der Waals surface area contributed by atoms with Gasteiger partial charge >= 0.3 is 0 Å². The average molecular weight is 435 g/mol. The topological polar surface area (TPSA) is 94.2 Å². The van der Waals surface area contributed by atoms with Gasteiger partial charge in [-0.25, -0.2) is 0 Å². The maximum atomic E-state index is 12.7. The van der Waals surface area contributed by atoms with Gasteiger partial charge in [0.25, 0.3) is 11.1 Å². The van der Waals surface area contributed by atoms with E-state index in [1.165, 1.54) is 0 Å². The van der Waals surface area contributed by atoms with Crippen molar-refractivity contribution < 1.29 is 28.6 Å². The van der Waals surface area contributed by atoms with Crippen LogP contribution in [-0.2, 0) is 14.3 Å². The van der Waals surface area contributed by atoms with Crippen LogP contribution in [0.3, 0.4) is 0 Å². The Kier molecular flexibility index (Phi) is 7.75. The third-order valence-electron chi connectivity index (χ3n) is 4.59. The Balaban J connectivity index is 1.65. The van der Waals surface area contributed by atoms with Crippen molar-refractivity contribution in [3.63, 3.8) is 0 Å². The molecule has 3 rings (SSSR count). The molecule has 9 heteroatoms. The lowest BCUT2D eigenvalue weighted by atomic mass is 10.2. The van der Waals surface area contributed by atoms with Crippen LogP contribution in [-0.4, -0.2) is 61.0 Å². The minimum Gasteiger partial charge on any atom is -0.490 e. The Labute approximate surface area is 179 Å². The summed E-state index contributed by atoms with van der Waals surface area (Å²) < 4.78 is 16.6. The van der Waals surface area contributed by atoms with Crippen molar-refractivity contribution in [1.29, 1.82) is 0 Å². The second-order valence-electron chi connectivity index (χ2n) is 6.78. The fourth-order valence-corrected chi connectivity index (χ4v) is 4.02. The molecule has 0 unspecified atom stereocenters. The molecule has 0 spiro atoms. The Morgan fingerprint density at radius 1 is 1.27 bits per heavy atom. The zero-order valence-electron chi connectivity index (χ0n) is 17.1. The highest BCUT2D eigenvalue weighted by Crippen LogP contribution is 2.34. The summed E-state index contributed by atoms with van der Waals surface area (Å²) >= 11 is 0.817. The molecule has 1 aromatic carbocycles. The van der Waals surface area contributed by atoms with Crippen molar-refractivity contribution >= 4 is 34.9 Å². The fraction of sp³-hybridized carbons (Fsp3) is 0.476. The first-order valence-electron chi connectivity index (χ1n) is 10.0. The number of imide groups is 1. The average Bonchev–Trinajstić information content (AvgIpc) is 3.33. The molecule has 162 valence electrons. The molecule has 2 heterocycles. The first kappa shape index (κ1) is 22.2. The van der Waals surface area contributed by atoms with Crippen LogP contribution in [0.2, 0.25) is 0 Å². The lowest BCUT2D eigenvalue weighted by Gasteiger charge is -2.14. The zero-order chi connectivity index (χ0) is 21.5. The van der Waals surface area contributed by atoms with Crippen LogP contribution >= 0.6 is 11.8 Å². The highest BCUT2D eigenvalue weighted by atomic mass is 32.2. The molecule has 2 saturated heterocycles. The number of nitrogens with one attached hydrogen (secondary N) is 1. The van der Waals surface area contributed by atoms with Gasteiger partial charge in [-0.2, -0.15) is 0 Å². The van der Waals surface area contributed by atoms with Crippen LogP contribution in [0.15, 0.2) is 23.1 Å². The summed E-state index contributed by atoms with van der Waals surface area (Å²) in [7, 11) is 0. The largest absolute Gasteiger partial charge is 0.490 e. The van der Waals surface area contributed by atoms with E-state index in [1.807, 2.05) is 13.8 Å². The molecule has 2 aliphatic rings. The maximum absolute atomic E-state index is 12.7. The normalized spacial score (nSPS) is 20.1. The smallest absolute Gasteiger partial charge is 0.294 e. The Morgan fingerprint density at radius 2 is 2.03 bits per heavy atom. The van der Waals surface area contributed by atoms with Crippen molar-refractivity contribution in [2.75, 3.05) is 32.9 Å². The summed E-state index contributed by atoms with van der Waals surface area (Å²) in [6, 6.07) is 5.32. The molecule has 2 aliphatic heterocycles. The van der Waals surface area contributed by atoms with Crippen LogP contribution in [0.25, 0.3) is 6.08 Å².